The summed E-state index contributed by atoms with van der Waals surface area (Å²) in [4.78, 5) is 48.3. The number of fused-ring (bicyclic) bond motifs is 2. The monoisotopic (exact) mass is 701 g/mol. The number of ether oxygens (including phenoxy) is 1. The Morgan fingerprint density at radius 2 is 1.94 bits per heavy atom. The Kier molecular flexibility index (Phi) is 11.4. The molecular formula is C39H48FN5O4S. The van der Waals surface area contributed by atoms with Crippen molar-refractivity contribution in [3.05, 3.63) is 72.1 Å². The number of hydrogen-bond donors (Lipinski definition) is 3. The molecule has 9 nitrogen and oxygen atoms in total. The Hall–Kier alpha value is -3.96. The van der Waals surface area contributed by atoms with E-state index in [2.05, 4.69) is 28.4 Å². The van der Waals surface area contributed by atoms with Crippen LogP contribution in [-0.4, -0.2) is 70.2 Å². The minimum Gasteiger partial charge on any atom is -0.486 e. The van der Waals surface area contributed by atoms with Gasteiger partial charge in [0.05, 0.1) is 18.1 Å². The quantitative estimate of drug-likeness (QED) is 0.188. The van der Waals surface area contributed by atoms with Crippen LogP contribution in [0.2, 0.25) is 0 Å². The third-order valence-electron chi connectivity index (χ3n) is 10.1. The van der Waals surface area contributed by atoms with Crippen LogP contribution in [0.3, 0.4) is 0 Å². The van der Waals surface area contributed by atoms with Gasteiger partial charge >= 0.3 is 0 Å². The summed E-state index contributed by atoms with van der Waals surface area (Å²) in [7, 11) is 1.77. The van der Waals surface area contributed by atoms with E-state index in [0.717, 1.165) is 55.0 Å². The number of hydrogen-bond acceptors (Lipinski definition) is 7. The number of allylic oxidation sites excluding steroid dienone is 1. The summed E-state index contributed by atoms with van der Waals surface area (Å²) in [6.45, 7) is 4.33. The molecule has 3 heterocycles. The second-order valence-corrected chi connectivity index (χ2v) is 15.3. The Morgan fingerprint density at radius 1 is 1.12 bits per heavy atom. The molecule has 266 valence electrons. The molecule has 2 aromatic carbocycles. The van der Waals surface area contributed by atoms with Crippen LogP contribution in [0.1, 0.15) is 77.2 Å². The number of rotatable bonds is 8. The van der Waals surface area contributed by atoms with E-state index in [1.54, 1.807) is 24.1 Å². The fraction of sp³-hybridized carbons (Fsp3) is 0.487. The average Bonchev–Trinajstić information content (AvgIpc) is 3.71. The van der Waals surface area contributed by atoms with E-state index in [1.807, 2.05) is 37.3 Å². The fourth-order valence-electron chi connectivity index (χ4n) is 6.86. The van der Waals surface area contributed by atoms with Gasteiger partial charge < -0.3 is 20.3 Å². The minimum atomic E-state index is -0.850. The van der Waals surface area contributed by atoms with E-state index in [4.69, 9.17) is 9.72 Å². The number of aryl methyl sites for hydroxylation is 1. The largest absolute Gasteiger partial charge is 0.486 e. The Morgan fingerprint density at radius 3 is 2.70 bits per heavy atom. The molecule has 1 aromatic heterocycles. The molecular weight excluding hydrogens is 654 g/mol. The molecule has 0 spiro atoms. The Bertz CT molecular complexity index is 1750. The number of carbonyl (C=O) groups excluding carboxylic acids is 3. The molecule has 50 heavy (non-hydrogen) atoms. The second kappa shape index (κ2) is 15.9. The molecule has 1 saturated carbocycles. The second-order valence-electron chi connectivity index (χ2n) is 13.9. The SMILES string of the molecule is CCc1c(OC2CC3C(=O)NC(C(=O)NSC4(C)CC4)C/C=C\CCCCC[C@H](NC)C(=O)N3C2)c(-c2cccc(F)c2)nc2ccccc12. The summed E-state index contributed by atoms with van der Waals surface area (Å²) in [5, 5.41) is 7.12. The van der Waals surface area contributed by atoms with Crippen LogP contribution >= 0.6 is 11.9 Å². The third kappa shape index (κ3) is 8.32. The van der Waals surface area contributed by atoms with E-state index in [1.165, 1.54) is 24.1 Å². The number of nitrogens with one attached hydrogen (secondary N) is 3. The first kappa shape index (κ1) is 35.9. The van der Waals surface area contributed by atoms with Crippen molar-refractivity contribution in [3.63, 3.8) is 0 Å². The number of nitrogens with zero attached hydrogens (tertiary/aromatic N) is 2. The van der Waals surface area contributed by atoms with Crippen molar-refractivity contribution in [1.29, 1.82) is 0 Å². The van der Waals surface area contributed by atoms with Crippen molar-refractivity contribution in [3.8, 4) is 17.0 Å². The Balaban J connectivity index is 1.33. The lowest BCUT2D eigenvalue weighted by Gasteiger charge is -2.29. The number of amides is 3. The van der Waals surface area contributed by atoms with E-state index in [0.29, 0.717) is 36.3 Å². The zero-order valence-corrected chi connectivity index (χ0v) is 30.0. The van der Waals surface area contributed by atoms with Gasteiger partial charge in [-0.1, -0.05) is 62.2 Å². The summed E-state index contributed by atoms with van der Waals surface area (Å²) < 4.78 is 24.4. The van der Waals surface area contributed by atoms with Gasteiger partial charge in [0.2, 0.25) is 11.8 Å². The minimum absolute atomic E-state index is 0.0377. The summed E-state index contributed by atoms with van der Waals surface area (Å²) >= 11 is 1.42. The number of carbonyl (C=O) groups is 3. The van der Waals surface area contributed by atoms with E-state index >= 15 is 0 Å². The molecule has 2 fully saturated rings. The molecule has 3 unspecified atom stereocenters. The number of aromatic nitrogens is 1. The van der Waals surface area contributed by atoms with Gasteiger partial charge in [0.1, 0.15) is 35.4 Å². The van der Waals surface area contributed by atoms with Gasteiger partial charge in [0.25, 0.3) is 5.91 Å². The molecule has 11 heteroatoms. The van der Waals surface area contributed by atoms with Crippen molar-refractivity contribution in [2.75, 3.05) is 13.6 Å². The molecule has 3 amide bonds. The first-order valence-electron chi connectivity index (χ1n) is 17.9. The van der Waals surface area contributed by atoms with Crippen molar-refractivity contribution in [2.24, 2.45) is 0 Å². The molecule has 0 radical (unpaired) electrons. The highest BCUT2D eigenvalue weighted by Crippen LogP contribution is 2.46. The highest BCUT2D eigenvalue weighted by Gasteiger charge is 2.44. The van der Waals surface area contributed by atoms with Gasteiger partial charge in [-0.05, 0) is 89.1 Å². The Labute approximate surface area is 298 Å². The molecule has 1 aliphatic carbocycles. The molecule has 6 rings (SSSR count). The lowest BCUT2D eigenvalue weighted by atomic mass is 10.0. The lowest BCUT2D eigenvalue weighted by molar-refractivity contribution is -0.140. The van der Waals surface area contributed by atoms with Crippen LogP contribution < -0.4 is 20.1 Å². The van der Waals surface area contributed by atoms with Gasteiger partial charge in [0.15, 0.2) is 0 Å². The first-order valence-corrected chi connectivity index (χ1v) is 18.8. The number of benzene rings is 2. The van der Waals surface area contributed by atoms with Gasteiger partial charge in [-0.3, -0.25) is 19.1 Å². The van der Waals surface area contributed by atoms with Crippen molar-refractivity contribution < 1.29 is 23.5 Å². The smallest absolute Gasteiger partial charge is 0.252 e. The predicted octanol–water partition coefficient (Wildman–Crippen LogP) is 6.25. The average molecular weight is 702 g/mol. The topological polar surface area (TPSA) is 113 Å². The van der Waals surface area contributed by atoms with Gasteiger partial charge in [-0.2, -0.15) is 0 Å². The molecule has 3 aliphatic rings. The van der Waals surface area contributed by atoms with Crippen LogP contribution in [-0.2, 0) is 20.8 Å². The summed E-state index contributed by atoms with van der Waals surface area (Å²) in [6.07, 6.45) is 11.1. The number of likely N-dealkylation sites (N-methyl/N-ethyl adjacent to an activating group) is 1. The fourth-order valence-corrected chi connectivity index (χ4v) is 7.66. The van der Waals surface area contributed by atoms with Gasteiger partial charge in [0, 0.05) is 27.7 Å². The van der Waals surface area contributed by atoms with Crippen molar-refractivity contribution in [2.45, 2.75) is 107 Å². The van der Waals surface area contributed by atoms with Crippen LogP contribution in [0.15, 0.2) is 60.7 Å². The third-order valence-corrected chi connectivity index (χ3v) is 11.3. The summed E-state index contributed by atoms with van der Waals surface area (Å²) in [5.41, 5.74) is 2.79. The van der Waals surface area contributed by atoms with E-state index in [9.17, 15) is 18.8 Å². The molecule has 3 aromatic rings. The standard InChI is InChI=1S/C39H48FN5O4S/c1-4-28-29-16-11-12-17-30(29)42-34(25-14-13-15-26(40)22-25)35(28)49-27-23-33-37(47)43-31(36(46)44-50-39(2)20-21-39)18-9-7-5-6-8-10-19-32(41-3)38(48)45(33)24-27/h7,9,11-17,22,27,31-33,41H,4-6,8,10,18-21,23-24H2,1-3H3,(H,43,47)(H,44,46)/b9-7-/t27?,31?,32-,33?/m0/s1. The summed E-state index contributed by atoms with van der Waals surface area (Å²) in [5.74, 6) is -0.662. The maximum absolute atomic E-state index is 14.5. The lowest BCUT2D eigenvalue weighted by Crippen LogP contribution is -2.55. The van der Waals surface area contributed by atoms with Gasteiger partial charge in [-0.25, -0.2) is 9.37 Å². The number of pyridine rings is 1. The van der Waals surface area contributed by atoms with Crippen LogP contribution in [0.5, 0.6) is 5.75 Å². The number of para-hydroxylation sites is 1. The molecule has 1 saturated heterocycles. The molecule has 4 atom stereocenters. The molecule has 3 N–H and O–H groups in total. The highest BCUT2D eigenvalue weighted by molar-refractivity contribution is 7.99. The molecule has 0 bridgehead atoms. The highest BCUT2D eigenvalue weighted by atomic mass is 32.2. The van der Waals surface area contributed by atoms with Crippen LogP contribution in [0, 0.1) is 5.82 Å². The van der Waals surface area contributed by atoms with Crippen LogP contribution in [0.4, 0.5) is 4.39 Å². The maximum atomic E-state index is 14.5. The van der Waals surface area contributed by atoms with Crippen molar-refractivity contribution >= 4 is 40.6 Å². The summed E-state index contributed by atoms with van der Waals surface area (Å²) in [6, 6.07) is 12.0. The van der Waals surface area contributed by atoms with Crippen LogP contribution in [0.25, 0.3) is 22.2 Å². The van der Waals surface area contributed by atoms with E-state index in [-0.39, 0.29) is 41.3 Å². The zero-order chi connectivity index (χ0) is 35.3. The molecule has 2 aliphatic heterocycles. The van der Waals surface area contributed by atoms with Gasteiger partial charge in [-0.15, -0.1) is 0 Å². The maximum Gasteiger partial charge on any atom is 0.252 e. The first-order chi connectivity index (χ1) is 24.2. The van der Waals surface area contributed by atoms with Crippen molar-refractivity contribution in [1.82, 2.24) is 25.2 Å². The zero-order valence-electron chi connectivity index (χ0n) is 29.2. The van der Waals surface area contributed by atoms with E-state index < -0.39 is 24.2 Å². The normalized spacial score (nSPS) is 24.8. The predicted molar refractivity (Wildman–Crippen MR) is 196 cm³/mol. The number of halogens is 1.